The smallest absolute Gasteiger partial charge is 0.335 e. The molecule has 1 rings (SSSR count). The third-order valence-corrected chi connectivity index (χ3v) is 2.14. The van der Waals surface area contributed by atoms with E-state index in [1.807, 2.05) is 0 Å². The van der Waals surface area contributed by atoms with Crippen LogP contribution in [0.4, 0.5) is 0 Å². The van der Waals surface area contributed by atoms with Crippen molar-refractivity contribution < 1.29 is 18.3 Å². The van der Waals surface area contributed by atoms with E-state index in [2.05, 4.69) is 0 Å². The van der Waals surface area contributed by atoms with Crippen LogP contribution < -0.4 is 0 Å². The van der Waals surface area contributed by atoms with E-state index >= 15 is 0 Å². The maximum Gasteiger partial charge on any atom is 0.335 e. The van der Waals surface area contributed by atoms with Gasteiger partial charge in [0, 0.05) is 0 Å². The van der Waals surface area contributed by atoms with Gasteiger partial charge in [0.2, 0.25) is 0 Å². The molecule has 1 N–H and O–H groups in total. The Kier molecular flexibility index (Phi) is 3.02. The highest BCUT2D eigenvalue weighted by Gasteiger charge is 2.01. The normalized spacial score (nSPS) is 10.2. The molecule has 13 heavy (non-hydrogen) atoms. The molecule has 0 unspecified atom stereocenters. The number of rotatable bonds is 3. The van der Waals surface area contributed by atoms with Crippen LogP contribution in [0.15, 0.2) is 24.3 Å². The van der Waals surface area contributed by atoms with Crippen LogP contribution in [0.25, 0.3) is 0 Å². The van der Waals surface area contributed by atoms with Gasteiger partial charge >= 0.3 is 5.97 Å². The minimum atomic E-state index is -2.45. The van der Waals surface area contributed by atoms with Crippen LogP contribution in [0, 0.1) is 0 Å². The predicted molar refractivity (Wildman–Crippen MR) is 47.4 cm³/mol. The maximum atomic E-state index is 10.4. The first-order chi connectivity index (χ1) is 6.09. The summed E-state index contributed by atoms with van der Waals surface area (Å²) in [4.78, 5) is 10.4. The monoisotopic (exact) mass is 200 g/mol. The molecule has 0 amide bonds. The quantitative estimate of drug-likeness (QED) is 0.697. The topological polar surface area (TPSA) is 71.4 Å². The highest BCUT2D eigenvalue weighted by Crippen LogP contribution is 2.05. The van der Waals surface area contributed by atoms with Crippen LogP contribution in [0.3, 0.4) is 0 Å². The summed E-state index contributed by atoms with van der Waals surface area (Å²) in [5.41, 5.74) is 0.756. The van der Waals surface area contributed by atoms with Gasteiger partial charge in [-0.25, -0.2) is 13.2 Å². The molecule has 70 valence electrons. The predicted octanol–water partition coefficient (Wildman–Crippen LogP) is 0.496. The van der Waals surface area contributed by atoms with Gasteiger partial charge in [-0.3, -0.25) is 0 Å². The van der Waals surface area contributed by atoms with Crippen molar-refractivity contribution in [2.24, 2.45) is 0 Å². The van der Waals surface area contributed by atoms with Gasteiger partial charge in [-0.05, 0) is 17.7 Å². The molecule has 0 heterocycles. The van der Waals surface area contributed by atoms with Crippen molar-refractivity contribution in [3.05, 3.63) is 35.4 Å². The average molecular weight is 200 g/mol. The van der Waals surface area contributed by atoms with Gasteiger partial charge in [0.05, 0.1) is 11.3 Å². The van der Waals surface area contributed by atoms with Crippen molar-refractivity contribution in [3.63, 3.8) is 0 Å². The molecule has 0 atom stereocenters. The molecule has 5 heteroatoms. The minimum absolute atomic E-state index is 0.0464. The number of hydrogen-bond acceptors (Lipinski definition) is 3. The van der Waals surface area contributed by atoms with Crippen molar-refractivity contribution in [1.82, 2.24) is 0 Å². The van der Waals surface area contributed by atoms with Crippen LogP contribution in [0.2, 0.25) is 0 Å². The largest absolute Gasteiger partial charge is 0.478 e. The third kappa shape index (κ3) is 2.87. The summed E-state index contributed by atoms with van der Waals surface area (Å²) >= 11 is 0. The zero-order valence-electron chi connectivity index (χ0n) is 6.64. The summed E-state index contributed by atoms with van der Waals surface area (Å²) in [5, 5.41) is 8.54. The third-order valence-electron chi connectivity index (χ3n) is 1.51. The first-order valence-corrected chi connectivity index (χ1v) is 4.90. The molecule has 0 aliphatic rings. The minimum Gasteiger partial charge on any atom is -0.478 e. The van der Waals surface area contributed by atoms with Crippen molar-refractivity contribution in [2.75, 3.05) is 0 Å². The summed E-state index contributed by atoms with van der Waals surface area (Å²) in [7, 11) is -2.45. The lowest BCUT2D eigenvalue weighted by atomic mass is 10.1. The first kappa shape index (κ1) is 9.73. The molecule has 0 saturated carbocycles. The highest BCUT2D eigenvalue weighted by atomic mass is 32.2. The van der Waals surface area contributed by atoms with Crippen LogP contribution >= 0.6 is 0 Å². The van der Waals surface area contributed by atoms with Crippen molar-refractivity contribution in [1.29, 1.82) is 0 Å². The Morgan fingerprint density at radius 2 is 1.77 bits per heavy atom. The summed E-state index contributed by atoms with van der Waals surface area (Å²) < 4.78 is 20.6. The second kappa shape index (κ2) is 4.04. The van der Waals surface area contributed by atoms with Crippen molar-refractivity contribution >= 4 is 16.7 Å². The standard InChI is InChI=1S/C8H8O4S/c9-8(10)7-3-1-6(2-4-7)5-13(11)12/h1-4,13H,5H2,(H,9,10). The molecule has 0 saturated heterocycles. The Morgan fingerprint density at radius 3 is 2.15 bits per heavy atom. The van der Waals surface area contributed by atoms with Crippen LogP contribution in [0.1, 0.15) is 15.9 Å². The Balaban J connectivity index is 2.87. The maximum absolute atomic E-state index is 10.4. The van der Waals surface area contributed by atoms with Crippen LogP contribution in [-0.4, -0.2) is 19.5 Å². The van der Waals surface area contributed by atoms with Gasteiger partial charge in [-0.1, -0.05) is 12.1 Å². The van der Waals surface area contributed by atoms with E-state index in [0.717, 1.165) is 0 Å². The SMILES string of the molecule is O=C(O)c1ccc(C[SH](=O)=O)cc1. The fraction of sp³-hybridized carbons (Fsp3) is 0.125. The zero-order valence-corrected chi connectivity index (χ0v) is 7.53. The zero-order chi connectivity index (χ0) is 9.84. The first-order valence-electron chi connectivity index (χ1n) is 3.53. The Bertz CT molecular complexity index is 370. The number of carboxylic acid groups (broad SMARTS) is 1. The van der Waals surface area contributed by atoms with Gasteiger partial charge in [-0.2, -0.15) is 0 Å². The molecular weight excluding hydrogens is 192 g/mol. The Labute approximate surface area is 76.8 Å². The number of benzene rings is 1. The lowest BCUT2D eigenvalue weighted by molar-refractivity contribution is 0.0697. The van der Waals surface area contributed by atoms with E-state index in [1.165, 1.54) is 24.3 Å². The number of hydrogen-bond donors (Lipinski definition) is 2. The molecule has 0 bridgehead atoms. The van der Waals surface area contributed by atoms with Gasteiger partial charge in [0.1, 0.15) is 10.7 Å². The molecule has 0 radical (unpaired) electrons. The molecule has 0 spiro atoms. The summed E-state index contributed by atoms with van der Waals surface area (Å²) in [6, 6.07) is 5.76. The number of carboxylic acids is 1. The van der Waals surface area contributed by atoms with E-state index in [1.54, 1.807) is 0 Å². The molecule has 0 aliphatic heterocycles. The van der Waals surface area contributed by atoms with E-state index < -0.39 is 16.7 Å². The number of carbonyl (C=O) groups is 1. The summed E-state index contributed by atoms with van der Waals surface area (Å²) in [5.74, 6) is -1.06. The molecule has 1 aromatic rings. The van der Waals surface area contributed by atoms with E-state index in [-0.39, 0.29) is 11.3 Å². The van der Waals surface area contributed by atoms with Crippen molar-refractivity contribution in [2.45, 2.75) is 5.75 Å². The highest BCUT2D eigenvalue weighted by molar-refractivity contribution is 7.71. The summed E-state index contributed by atoms with van der Waals surface area (Å²) in [6.45, 7) is 0. The van der Waals surface area contributed by atoms with Crippen molar-refractivity contribution in [3.8, 4) is 0 Å². The van der Waals surface area contributed by atoms with Gasteiger partial charge in [-0.15, -0.1) is 0 Å². The fourth-order valence-corrected chi connectivity index (χ4v) is 1.41. The average Bonchev–Trinajstić information content (AvgIpc) is 2.04. The van der Waals surface area contributed by atoms with Gasteiger partial charge < -0.3 is 5.11 Å². The van der Waals surface area contributed by atoms with Gasteiger partial charge in [0.15, 0.2) is 0 Å². The molecular formula is C8H8O4S. The van der Waals surface area contributed by atoms with Gasteiger partial charge in [0.25, 0.3) is 0 Å². The Morgan fingerprint density at radius 1 is 1.23 bits per heavy atom. The van der Waals surface area contributed by atoms with E-state index in [9.17, 15) is 13.2 Å². The second-order valence-corrected chi connectivity index (χ2v) is 3.47. The molecule has 0 aromatic heterocycles. The lowest BCUT2D eigenvalue weighted by Gasteiger charge is -1.96. The van der Waals surface area contributed by atoms with Crippen LogP contribution in [0.5, 0.6) is 0 Å². The number of aromatic carboxylic acids is 1. The van der Waals surface area contributed by atoms with Crippen LogP contribution in [-0.2, 0) is 16.5 Å². The fourth-order valence-electron chi connectivity index (χ4n) is 0.902. The van der Waals surface area contributed by atoms with E-state index in [0.29, 0.717) is 5.56 Å². The lowest BCUT2D eigenvalue weighted by Crippen LogP contribution is -1.96. The second-order valence-electron chi connectivity index (χ2n) is 2.49. The summed E-state index contributed by atoms with van der Waals surface area (Å²) in [6.07, 6.45) is 0. The molecule has 0 aliphatic carbocycles. The molecule has 1 aromatic carbocycles. The van der Waals surface area contributed by atoms with E-state index in [4.69, 9.17) is 5.11 Å². The molecule has 0 fully saturated rings. The number of thiol groups is 1. The Hall–Kier alpha value is -1.36. The molecule has 4 nitrogen and oxygen atoms in total.